The van der Waals surface area contributed by atoms with Crippen LogP contribution < -0.4 is 0 Å². The molecule has 0 radical (unpaired) electrons. The van der Waals surface area contributed by atoms with Gasteiger partial charge in [-0.2, -0.15) is 0 Å². The first kappa shape index (κ1) is 15.5. The van der Waals surface area contributed by atoms with Crippen molar-refractivity contribution in [2.45, 2.75) is 44.9 Å². The number of nitro benzene ring substituents is 1. The average molecular weight is 302 g/mol. The van der Waals surface area contributed by atoms with Gasteiger partial charge in [-0.1, -0.05) is 45.2 Å². The molecule has 1 aromatic rings. The third-order valence-electron chi connectivity index (χ3n) is 5.85. The third kappa shape index (κ3) is 2.65. The highest BCUT2D eigenvalue weighted by molar-refractivity contribution is 5.42. The van der Waals surface area contributed by atoms with E-state index in [2.05, 4.69) is 18.7 Å². The molecule has 2 atom stereocenters. The van der Waals surface area contributed by atoms with Crippen LogP contribution in [0.25, 0.3) is 0 Å². The van der Waals surface area contributed by atoms with Crippen LogP contribution in [-0.2, 0) is 5.41 Å². The monoisotopic (exact) mass is 302 g/mol. The highest BCUT2D eigenvalue weighted by atomic mass is 16.6. The minimum absolute atomic E-state index is 0.190. The van der Waals surface area contributed by atoms with Crippen LogP contribution in [0.4, 0.5) is 5.69 Å². The molecule has 1 aromatic carbocycles. The number of nitrogens with zero attached hydrogens (tertiary/aromatic N) is 2. The Balaban J connectivity index is 1.55. The molecular formula is C18H26N2O2. The van der Waals surface area contributed by atoms with Crippen molar-refractivity contribution in [1.29, 1.82) is 0 Å². The van der Waals surface area contributed by atoms with E-state index in [4.69, 9.17) is 0 Å². The predicted octanol–water partition coefficient (Wildman–Crippen LogP) is 3.99. The van der Waals surface area contributed by atoms with Crippen molar-refractivity contribution in [3.63, 3.8) is 0 Å². The van der Waals surface area contributed by atoms with E-state index in [1.165, 1.54) is 50.9 Å². The molecule has 2 unspecified atom stereocenters. The number of likely N-dealkylation sites (tertiary alicyclic amines) is 1. The van der Waals surface area contributed by atoms with Gasteiger partial charge in [-0.05, 0) is 30.4 Å². The smallest absolute Gasteiger partial charge is 0.269 e. The Morgan fingerprint density at radius 1 is 1.18 bits per heavy atom. The molecule has 1 aliphatic heterocycles. The molecule has 2 fully saturated rings. The number of hydrogen-bond donors (Lipinski definition) is 0. The Morgan fingerprint density at radius 3 is 2.36 bits per heavy atom. The van der Waals surface area contributed by atoms with E-state index in [-0.39, 0.29) is 16.0 Å². The van der Waals surface area contributed by atoms with Gasteiger partial charge < -0.3 is 4.90 Å². The lowest BCUT2D eigenvalue weighted by Gasteiger charge is -2.24. The number of fused-ring (bicyclic) bond motifs is 1. The number of nitro groups is 1. The van der Waals surface area contributed by atoms with Gasteiger partial charge in [-0.25, -0.2) is 0 Å². The minimum atomic E-state index is -0.322. The van der Waals surface area contributed by atoms with E-state index in [1.54, 1.807) is 12.1 Å². The SMILES string of the molecule is CCCCCCN1CC2C(C1)C2(C)c1ccc([N+](=O)[O-])cc1. The summed E-state index contributed by atoms with van der Waals surface area (Å²) in [6.07, 6.45) is 5.31. The van der Waals surface area contributed by atoms with Gasteiger partial charge in [0.25, 0.3) is 5.69 Å². The van der Waals surface area contributed by atoms with Crippen molar-refractivity contribution < 1.29 is 4.92 Å². The summed E-state index contributed by atoms with van der Waals surface area (Å²) in [6, 6.07) is 7.22. The van der Waals surface area contributed by atoms with E-state index in [0.717, 1.165) is 11.8 Å². The summed E-state index contributed by atoms with van der Waals surface area (Å²) in [7, 11) is 0. The van der Waals surface area contributed by atoms with Crippen molar-refractivity contribution in [3.05, 3.63) is 39.9 Å². The quantitative estimate of drug-likeness (QED) is 0.434. The second-order valence-corrected chi connectivity index (χ2v) is 7.12. The maximum atomic E-state index is 10.8. The largest absolute Gasteiger partial charge is 0.303 e. The van der Waals surface area contributed by atoms with Crippen molar-refractivity contribution in [2.75, 3.05) is 19.6 Å². The molecule has 22 heavy (non-hydrogen) atoms. The molecule has 0 aromatic heterocycles. The van der Waals surface area contributed by atoms with Crippen LogP contribution in [0.1, 0.15) is 45.1 Å². The van der Waals surface area contributed by atoms with E-state index in [1.807, 2.05) is 12.1 Å². The molecule has 1 saturated heterocycles. The van der Waals surface area contributed by atoms with Crippen molar-refractivity contribution >= 4 is 5.69 Å². The van der Waals surface area contributed by atoms with Gasteiger partial charge in [0, 0.05) is 30.6 Å². The Morgan fingerprint density at radius 2 is 1.82 bits per heavy atom. The average Bonchev–Trinajstić information content (AvgIpc) is 2.88. The normalized spacial score (nSPS) is 30.3. The molecule has 1 aliphatic carbocycles. The summed E-state index contributed by atoms with van der Waals surface area (Å²) in [6.45, 7) is 8.22. The predicted molar refractivity (Wildman–Crippen MR) is 88.0 cm³/mol. The molecule has 4 heteroatoms. The zero-order valence-corrected chi connectivity index (χ0v) is 13.6. The van der Waals surface area contributed by atoms with Crippen LogP contribution in [-0.4, -0.2) is 29.5 Å². The van der Waals surface area contributed by atoms with Crippen molar-refractivity contribution in [2.24, 2.45) is 11.8 Å². The zero-order chi connectivity index (χ0) is 15.7. The van der Waals surface area contributed by atoms with E-state index in [0.29, 0.717) is 0 Å². The standard InChI is InChI=1S/C18H26N2O2/c1-3-4-5-6-11-19-12-16-17(13-19)18(16,2)14-7-9-15(10-8-14)20(21)22/h7-10,16-17H,3-6,11-13H2,1-2H3. The molecule has 1 heterocycles. The van der Waals surface area contributed by atoms with Gasteiger partial charge in [0.2, 0.25) is 0 Å². The van der Waals surface area contributed by atoms with Crippen LogP contribution in [0, 0.1) is 22.0 Å². The number of rotatable bonds is 7. The van der Waals surface area contributed by atoms with E-state index in [9.17, 15) is 10.1 Å². The molecule has 0 N–H and O–H groups in total. The van der Waals surface area contributed by atoms with Crippen LogP contribution in [0.3, 0.4) is 0 Å². The number of non-ortho nitro benzene ring substituents is 1. The fourth-order valence-corrected chi connectivity index (χ4v) is 4.28. The van der Waals surface area contributed by atoms with Gasteiger partial charge >= 0.3 is 0 Å². The van der Waals surface area contributed by atoms with Crippen LogP contribution in [0.15, 0.2) is 24.3 Å². The van der Waals surface area contributed by atoms with Gasteiger partial charge in [0.1, 0.15) is 0 Å². The highest BCUT2D eigenvalue weighted by Crippen LogP contribution is 2.63. The minimum Gasteiger partial charge on any atom is -0.303 e. The molecule has 4 nitrogen and oxygen atoms in total. The van der Waals surface area contributed by atoms with E-state index >= 15 is 0 Å². The Kier molecular flexibility index (Phi) is 4.22. The summed E-state index contributed by atoms with van der Waals surface area (Å²) < 4.78 is 0. The van der Waals surface area contributed by atoms with Crippen molar-refractivity contribution in [3.8, 4) is 0 Å². The first-order valence-electron chi connectivity index (χ1n) is 8.54. The summed E-state index contributed by atoms with van der Waals surface area (Å²) in [5.74, 6) is 1.47. The number of hydrogen-bond acceptors (Lipinski definition) is 3. The maximum absolute atomic E-state index is 10.8. The summed E-state index contributed by atoms with van der Waals surface area (Å²) in [5.41, 5.74) is 1.71. The number of benzene rings is 1. The molecular weight excluding hydrogens is 276 g/mol. The lowest BCUT2D eigenvalue weighted by molar-refractivity contribution is -0.384. The summed E-state index contributed by atoms with van der Waals surface area (Å²) in [5, 5.41) is 10.8. The highest BCUT2D eigenvalue weighted by Gasteiger charge is 2.65. The first-order chi connectivity index (χ1) is 10.6. The van der Waals surface area contributed by atoms with Crippen LogP contribution in [0.2, 0.25) is 0 Å². The van der Waals surface area contributed by atoms with Crippen molar-refractivity contribution in [1.82, 2.24) is 4.90 Å². The van der Waals surface area contributed by atoms with Crippen LogP contribution in [0.5, 0.6) is 0 Å². The Hall–Kier alpha value is -1.42. The fourth-order valence-electron chi connectivity index (χ4n) is 4.28. The fraction of sp³-hybridized carbons (Fsp3) is 0.667. The molecule has 0 bridgehead atoms. The van der Waals surface area contributed by atoms with Gasteiger partial charge in [-0.3, -0.25) is 10.1 Å². The Labute approximate surface area is 132 Å². The first-order valence-corrected chi connectivity index (χ1v) is 8.54. The topological polar surface area (TPSA) is 46.4 Å². The van der Waals surface area contributed by atoms with Gasteiger partial charge in [0.05, 0.1) is 4.92 Å². The molecule has 0 spiro atoms. The second-order valence-electron chi connectivity index (χ2n) is 7.12. The maximum Gasteiger partial charge on any atom is 0.269 e. The third-order valence-corrected chi connectivity index (χ3v) is 5.85. The number of piperidine rings is 1. The molecule has 120 valence electrons. The molecule has 3 rings (SSSR count). The zero-order valence-electron chi connectivity index (χ0n) is 13.6. The summed E-state index contributed by atoms with van der Waals surface area (Å²) in [4.78, 5) is 13.1. The number of unbranched alkanes of at least 4 members (excludes halogenated alkanes) is 3. The molecule has 0 amide bonds. The van der Waals surface area contributed by atoms with Crippen LogP contribution >= 0.6 is 0 Å². The van der Waals surface area contributed by atoms with Gasteiger partial charge in [-0.15, -0.1) is 0 Å². The molecule has 2 aliphatic rings. The molecule has 1 saturated carbocycles. The Bertz CT molecular complexity index is 529. The van der Waals surface area contributed by atoms with E-state index < -0.39 is 0 Å². The second kappa shape index (κ2) is 5.99. The van der Waals surface area contributed by atoms with Gasteiger partial charge in [0.15, 0.2) is 0 Å². The lowest BCUT2D eigenvalue weighted by Crippen LogP contribution is -2.29. The summed E-state index contributed by atoms with van der Waals surface area (Å²) >= 11 is 0. The lowest BCUT2D eigenvalue weighted by atomic mass is 9.92.